The van der Waals surface area contributed by atoms with Crippen LogP contribution in [0.4, 0.5) is 5.69 Å². The number of ether oxygens (including phenoxy) is 1. The van der Waals surface area contributed by atoms with E-state index in [9.17, 15) is 24.3 Å². The molecule has 7 heteroatoms. The lowest BCUT2D eigenvalue weighted by molar-refractivity contribution is -0.122. The van der Waals surface area contributed by atoms with Gasteiger partial charge in [0.05, 0.1) is 23.9 Å². The quantitative estimate of drug-likeness (QED) is 0.381. The second kappa shape index (κ2) is 7.11. The largest absolute Gasteiger partial charge is 0.506 e. The number of aliphatic hydroxyl groups is 1. The molecule has 0 unspecified atom stereocenters. The summed E-state index contributed by atoms with van der Waals surface area (Å²) in [6, 6.07) is 10.3. The molecule has 0 bridgehead atoms. The Kier molecular flexibility index (Phi) is 4.83. The number of anilines is 1. The molecule has 2 aromatic rings. The lowest BCUT2D eigenvalue weighted by Crippen LogP contribution is -2.31. The third kappa shape index (κ3) is 3.07. The number of amides is 2. The van der Waals surface area contributed by atoms with Gasteiger partial charge in [-0.05, 0) is 37.3 Å². The average molecular weight is 379 g/mol. The van der Waals surface area contributed by atoms with Crippen LogP contribution in [0.2, 0.25) is 0 Å². The maximum absolute atomic E-state index is 12.8. The molecule has 2 aromatic carbocycles. The van der Waals surface area contributed by atoms with Gasteiger partial charge in [0.15, 0.2) is 5.78 Å². The monoisotopic (exact) mass is 379 g/mol. The number of carbonyl (C=O) groups excluding carboxylic acids is 4. The Balaban J connectivity index is 2.18. The van der Waals surface area contributed by atoms with E-state index in [-0.39, 0.29) is 28.2 Å². The highest BCUT2D eigenvalue weighted by Crippen LogP contribution is 2.40. The van der Waals surface area contributed by atoms with Crippen molar-refractivity contribution in [2.24, 2.45) is 0 Å². The normalized spacial score (nSPS) is 14.5. The molecule has 2 amide bonds. The summed E-state index contributed by atoms with van der Waals surface area (Å²) >= 11 is 0. The molecule has 7 nitrogen and oxygen atoms in total. The van der Waals surface area contributed by atoms with Gasteiger partial charge in [0, 0.05) is 23.6 Å². The number of rotatable bonds is 3. The van der Waals surface area contributed by atoms with Crippen molar-refractivity contribution >= 4 is 40.6 Å². The molecule has 1 N–H and O–H groups in total. The number of fused-ring (bicyclic) bond motifs is 1. The van der Waals surface area contributed by atoms with Gasteiger partial charge in [-0.25, -0.2) is 9.69 Å². The van der Waals surface area contributed by atoms with Gasteiger partial charge in [-0.2, -0.15) is 0 Å². The molecule has 0 saturated carbocycles. The van der Waals surface area contributed by atoms with Gasteiger partial charge in [-0.15, -0.1) is 0 Å². The number of benzene rings is 2. The van der Waals surface area contributed by atoms with Gasteiger partial charge < -0.3 is 9.84 Å². The van der Waals surface area contributed by atoms with Crippen LogP contribution in [0.25, 0.3) is 11.3 Å². The summed E-state index contributed by atoms with van der Waals surface area (Å²) in [4.78, 5) is 49.1. The number of ketones is 1. The lowest BCUT2D eigenvalue weighted by atomic mass is 9.98. The Morgan fingerprint density at radius 3 is 2.04 bits per heavy atom. The summed E-state index contributed by atoms with van der Waals surface area (Å²) < 4.78 is 4.63. The Morgan fingerprint density at radius 1 is 0.929 bits per heavy atom. The van der Waals surface area contributed by atoms with E-state index in [4.69, 9.17) is 0 Å². The van der Waals surface area contributed by atoms with Crippen molar-refractivity contribution in [3.05, 3.63) is 64.7 Å². The molecule has 0 fully saturated rings. The van der Waals surface area contributed by atoms with Crippen molar-refractivity contribution in [1.82, 2.24) is 0 Å². The van der Waals surface area contributed by atoms with Crippen molar-refractivity contribution in [3.63, 3.8) is 0 Å². The summed E-state index contributed by atoms with van der Waals surface area (Å²) in [6.07, 6.45) is 0. The zero-order chi connectivity index (χ0) is 20.6. The molecule has 0 saturated heterocycles. The van der Waals surface area contributed by atoms with E-state index in [0.29, 0.717) is 16.8 Å². The van der Waals surface area contributed by atoms with Crippen LogP contribution in [0.3, 0.4) is 0 Å². The van der Waals surface area contributed by atoms with Crippen LogP contribution in [0.15, 0.2) is 42.5 Å². The number of hydrogen-bond acceptors (Lipinski definition) is 6. The number of imide groups is 1. The van der Waals surface area contributed by atoms with Crippen LogP contribution < -0.4 is 4.90 Å². The van der Waals surface area contributed by atoms with Crippen molar-refractivity contribution in [1.29, 1.82) is 0 Å². The van der Waals surface area contributed by atoms with Crippen LogP contribution in [0, 0.1) is 0 Å². The summed E-state index contributed by atoms with van der Waals surface area (Å²) in [5, 5.41) is 10.8. The minimum absolute atomic E-state index is 0.0841. The smallest absolute Gasteiger partial charge is 0.337 e. The number of hydrogen-bond donors (Lipinski definition) is 1. The van der Waals surface area contributed by atoms with Crippen molar-refractivity contribution in [2.75, 3.05) is 12.0 Å². The van der Waals surface area contributed by atoms with E-state index in [0.717, 1.165) is 4.90 Å². The zero-order valence-corrected chi connectivity index (χ0v) is 15.5. The van der Waals surface area contributed by atoms with E-state index in [1.807, 2.05) is 0 Å². The molecule has 0 aliphatic carbocycles. The number of Topliss-reactive ketones (excluding diaryl/α,β-unsaturated/α-hetero) is 1. The molecule has 3 rings (SSSR count). The molecule has 0 spiro atoms. The zero-order valence-electron chi connectivity index (χ0n) is 15.5. The van der Waals surface area contributed by atoms with Crippen LogP contribution in [0.5, 0.6) is 0 Å². The Morgan fingerprint density at radius 2 is 1.50 bits per heavy atom. The highest BCUT2D eigenvalue weighted by molar-refractivity contribution is 6.42. The molecule has 28 heavy (non-hydrogen) atoms. The van der Waals surface area contributed by atoms with Gasteiger partial charge >= 0.3 is 5.97 Å². The highest BCUT2D eigenvalue weighted by atomic mass is 16.5. The van der Waals surface area contributed by atoms with Gasteiger partial charge in [0.2, 0.25) is 5.91 Å². The molecule has 0 atom stereocenters. The Labute approximate surface area is 160 Å². The molecular formula is C21H17NO6. The number of aliphatic hydroxyl groups excluding tert-OH is 1. The minimum atomic E-state index is -0.683. The average Bonchev–Trinajstić information content (AvgIpc) is 2.97. The molecule has 1 aliphatic rings. The first-order chi connectivity index (χ1) is 13.3. The van der Waals surface area contributed by atoms with E-state index in [2.05, 4.69) is 4.74 Å². The van der Waals surface area contributed by atoms with Crippen LogP contribution in [-0.2, 0) is 14.3 Å². The number of methoxy groups -OCH3 is 1. The molecule has 0 radical (unpaired) electrons. The molecule has 1 aliphatic heterocycles. The Hall–Kier alpha value is -3.74. The predicted molar refractivity (Wildman–Crippen MR) is 102 cm³/mol. The second-order valence-corrected chi connectivity index (χ2v) is 6.24. The fourth-order valence-corrected chi connectivity index (χ4v) is 3.05. The van der Waals surface area contributed by atoms with E-state index in [1.54, 1.807) is 0 Å². The molecule has 142 valence electrons. The first-order valence-corrected chi connectivity index (χ1v) is 8.38. The van der Waals surface area contributed by atoms with Crippen molar-refractivity contribution < 1.29 is 29.0 Å². The number of esters is 1. The maximum Gasteiger partial charge on any atom is 0.337 e. The lowest BCUT2D eigenvalue weighted by Gasteiger charge is -2.12. The van der Waals surface area contributed by atoms with Crippen LogP contribution >= 0.6 is 0 Å². The van der Waals surface area contributed by atoms with Crippen molar-refractivity contribution in [3.8, 4) is 0 Å². The van der Waals surface area contributed by atoms with Gasteiger partial charge in [-0.3, -0.25) is 14.4 Å². The van der Waals surface area contributed by atoms with Gasteiger partial charge in [0.25, 0.3) is 5.91 Å². The van der Waals surface area contributed by atoms with Crippen LogP contribution in [0.1, 0.15) is 45.7 Å². The number of nitrogens with zero attached hydrogens (tertiary/aromatic N) is 1. The summed E-state index contributed by atoms with van der Waals surface area (Å²) in [6.45, 7) is 2.63. The standard InChI is InChI=1S/C21H17NO6/c1-11(23)15-8-9-17-16(10-15)18(20(26)22(17)12(2)24)19(25)13-4-6-14(7-5-13)21(27)28-3/h4-10,25H,1-3H3. The van der Waals surface area contributed by atoms with Crippen molar-refractivity contribution in [2.45, 2.75) is 13.8 Å². The Bertz CT molecular complexity index is 1050. The highest BCUT2D eigenvalue weighted by Gasteiger charge is 2.38. The summed E-state index contributed by atoms with van der Waals surface area (Å²) in [5.41, 5.74) is 1.42. The van der Waals surface area contributed by atoms with Crippen LogP contribution in [-0.4, -0.2) is 35.8 Å². The topological polar surface area (TPSA) is 101 Å². The minimum Gasteiger partial charge on any atom is -0.506 e. The van der Waals surface area contributed by atoms with E-state index < -0.39 is 17.8 Å². The van der Waals surface area contributed by atoms with E-state index in [1.165, 1.54) is 63.4 Å². The third-order valence-electron chi connectivity index (χ3n) is 4.46. The fourth-order valence-electron chi connectivity index (χ4n) is 3.05. The SMILES string of the molecule is COC(=O)c1ccc(C(O)=C2C(=O)N(C(C)=O)c3ccc(C(C)=O)cc32)cc1. The first-order valence-electron chi connectivity index (χ1n) is 8.38. The predicted octanol–water partition coefficient (Wildman–Crippen LogP) is 3.00. The maximum atomic E-state index is 12.8. The fraction of sp³-hybridized carbons (Fsp3) is 0.143. The summed E-state index contributed by atoms with van der Waals surface area (Å²) in [5.74, 6) is -2.29. The molecule has 0 aromatic heterocycles. The first kappa shape index (κ1) is 19.0. The molecular weight excluding hydrogens is 362 g/mol. The third-order valence-corrected chi connectivity index (χ3v) is 4.46. The van der Waals surface area contributed by atoms with E-state index >= 15 is 0 Å². The second-order valence-electron chi connectivity index (χ2n) is 6.24. The van der Waals surface area contributed by atoms with Gasteiger partial charge in [-0.1, -0.05) is 12.1 Å². The number of carbonyl (C=O) groups is 4. The summed E-state index contributed by atoms with van der Waals surface area (Å²) in [7, 11) is 1.26. The molecule has 1 heterocycles. The van der Waals surface area contributed by atoms with Gasteiger partial charge in [0.1, 0.15) is 5.76 Å².